The number of nitrogens with zero attached hydrogens (tertiary/aromatic N) is 1. The maximum atomic E-state index is 13.2. The summed E-state index contributed by atoms with van der Waals surface area (Å²) < 4.78 is 13.2. The summed E-state index contributed by atoms with van der Waals surface area (Å²) in [6.07, 6.45) is 3.93. The summed E-state index contributed by atoms with van der Waals surface area (Å²) in [6.45, 7) is 5.53. The lowest BCUT2D eigenvalue weighted by atomic mass is 10.2. The number of hydrogen-bond donors (Lipinski definition) is 1. The maximum Gasteiger partial charge on any atom is 0.166 e. The predicted molar refractivity (Wildman–Crippen MR) is 57.1 cm³/mol. The zero-order valence-electron chi connectivity index (χ0n) is 7.93. The molecule has 0 saturated carbocycles. The molecule has 1 aromatic heterocycles. The van der Waals surface area contributed by atoms with Crippen molar-refractivity contribution in [3.05, 3.63) is 35.8 Å². The van der Waals surface area contributed by atoms with Crippen LogP contribution in [0.4, 0.5) is 10.2 Å². The van der Waals surface area contributed by atoms with Gasteiger partial charge in [0.1, 0.15) is 0 Å². The van der Waals surface area contributed by atoms with E-state index in [0.717, 1.165) is 6.42 Å². The molecule has 0 bridgehead atoms. The maximum absolute atomic E-state index is 13.2. The standard InChI is InChI=1S/C10H12ClFN2/c1-3-4-7(2)14-10-9(12)5-8(11)6-13-10/h3,5-7H,1,4H2,2H3,(H,13,14). The third kappa shape index (κ3) is 3.00. The van der Waals surface area contributed by atoms with Crippen molar-refractivity contribution in [2.45, 2.75) is 19.4 Å². The molecule has 1 unspecified atom stereocenters. The normalized spacial score (nSPS) is 12.2. The molecule has 1 heterocycles. The summed E-state index contributed by atoms with van der Waals surface area (Å²) in [5.41, 5.74) is 0. The average Bonchev–Trinajstić information content (AvgIpc) is 2.10. The molecular weight excluding hydrogens is 203 g/mol. The molecule has 0 fully saturated rings. The zero-order chi connectivity index (χ0) is 10.6. The number of hydrogen-bond acceptors (Lipinski definition) is 2. The summed E-state index contributed by atoms with van der Waals surface area (Å²) >= 11 is 5.57. The number of rotatable bonds is 4. The number of anilines is 1. The highest BCUT2D eigenvalue weighted by molar-refractivity contribution is 6.30. The first-order valence-electron chi connectivity index (χ1n) is 4.32. The molecule has 1 N–H and O–H groups in total. The van der Waals surface area contributed by atoms with Gasteiger partial charge in [0.15, 0.2) is 11.6 Å². The van der Waals surface area contributed by atoms with Crippen molar-refractivity contribution in [2.24, 2.45) is 0 Å². The Hall–Kier alpha value is -1.09. The van der Waals surface area contributed by atoms with Gasteiger partial charge in [-0.25, -0.2) is 9.37 Å². The minimum absolute atomic E-state index is 0.107. The van der Waals surface area contributed by atoms with E-state index >= 15 is 0 Å². The van der Waals surface area contributed by atoms with Crippen molar-refractivity contribution in [1.82, 2.24) is 4.98 Å². The van der Waals surface area contributed by atoms with Crippen LogP contribution in [0.5, 0.6) is 0 Å². The Kier molecular flexibility index (Phi) is 3.89. The van der Waals surface area contributed by atoms with Gasteiger partial charge < -0.3 is 5.32 Å². The third-order valence-electron chi connectivity index (χ3n) is 1.71. The molecule has 1 aromatic rings. The van der Waals surface area contributed by atoms with Crippen LogP contribution >= 0.6 is 11.6 Å². The zero-order valence-corrected chi connectivity index (χ0v) is 8.68. The smallest absolute Gasteiger partial charge is 0.166 e. The van der Waals surface area contributed by atoms with Crippen LogP contribution in [0.2, 0.25) is 5.02 Å². The van der Waals surface area contributed by atoms with E-state index in [-0.39, 0.29) is 11.9 Å². The first-order chi connectivity index (χ1) is 6.63. The van der Waals surface area contributed by atoms with Crippen molar-refractivity contribution >= 4 is 17.4 Å². The second-order valence-electron chi connectivity index (χ2n) is 3.05. The highest BCUT2D eigenvalue weighted by atomic mass is 35.5. The van der Waals surface area contributed by atoms with E-state index in [9.17, 15) is 4.39 Å². The summed E-state index contributed by atoms with van der Waals surface area (Å²) in [5.74, 6) is -0.211. The highest BCUT2D eigenvalue weighted by Crippen LogP contribution is 2.16. The van der Waals surface area contributed by atoms with Crippen LogP contribution in [0.25, 0.3) is 0 Å². The number of aromatic nitrogens is 1. The molecule has 0 saturated heterocycles. The molecule has 0 amide bonds. The van der Waals surface area contributed by atoms with Crippen molar-refractivity contribution < 1.29 is 4.39 Å². The van der Waals surface area contributed by atoms with E-state index in [4.69, 9.17) is 11.6 Å². The van der Waals surface area contributed by atoms with E-state index in [2.05, 4.69) is 16.9 Å². The second kappa shape index (κ2) is 4.96. The van der Waals surface area contributed by atoms with Crippen LogP contribution in [-0.4, -0.2) is 11.0 Å². The topological polar surface area (TPSA) is 24.9 Å². The van der Waals surface area contributed by atoms with Crippen molar-refractivity contribution in [1.29, 1.82) is 0 Å². The highest BCUT2D eigenvalue weighted by Gasteiger charge is 2.06. The molecule has 4 heteroatoms. The molecule has 2 nitrogen and oxygen atoms in total. The van der Waals surface area contributed by atoms with Crippen LogP contribution in [0, 0.1) is 5.82 Å². The molecule has 0 aliphatic heterocycles. The van der Waals surface area contributed by atoms with Gasteiger partial charge >= 0.3 is 0 Å². The van der Waals surface area contributed by atoms with E-state index in [1.165, 1.54) is 12.3 Å². The van der Waals surface area contributed by atoms with Crippen LogP contribution in [0.15, 0.2) is 24.9 Å². The summed E-state index contributed by atoms with van der Waals surface area (Å²) in [5, 5.41) is 3.22. The molecule has 0 aromatic carbocycles. The van der Waals surface area contributed by atoms with Crippen LogP contribution in [0.1, 0.15) is 13.3 Å². The predicted octanol–water partition coefficient (Wildman–Crippen LogP) is 3.25. The quantitative estimate of drug-likeness (QED) is 0.779. The fourth-order valence-corrected chi connectivity index (χ4v) is 1.21. The van der Waals surface area contributed by atoms with Gasteiger partial charge in [0.05, 0.1) is 5.02 Å². The van der Waals surface area contributed by atoms with Crippen LogP contribution in [0.3, 0.4) is 0 Å². The second-order valence-corrected chi connectivity index (χ2v) is 3.49. The SMILES string of the molecule is C=CCC(C)Nc1ncc(Cl)cc1F. The van der Waals surface area contributed by atoms with Gasteiger partial charge in [-0.1, -0.05) is 17.7 Å². The summed E-state index contributed by atoms with van der Waals surface area (Å²) in [6, 6.07) is 1.34. The van der Waals surface area contributed by atoms with E-state index in [1.54, 1.807) is 6.08 Å². The molecular formula is C10H12ClFN2. The van der Waals surface area contributed by atoms with Crippen molar-refractivity contribution in [2.75, 3.05) is 5.32 Å². The first kappa shape index (κ1) is 11.0. The monoisotopic (exact) mass is 214 g/mol. The Morgan fingerprint density at radius 2 is 2.50 bits per heavy atom. The summed E-state index contributed by atoms with van der Waals surface area (Å²) in [7, 11) is 0. The van der Waals surface area contributed by atoms with Gasteiger partial charge in [-0.3, -0.25) is 0 Å². The van der Waals surface area contributed by atoms with Gasteiger partial charge in [0, 0.05) is 12.2 Å². The summed E-state index contributed by atoms with van der Waals surface area (Å²) in [4.78, 5) is 3.85. The Balaban J connectivity index is 2.71. The number of nitrogens with one attached hydrogen (secondary N) is 1. The molecule has 0 aliphatic rings. The van der Waals surface area contributed by atoms with Gasteiger partial charge in [-0.15, -0.1) is 6.58 Å². The van der Waals surface area contributed by atoms with Crippen LogP contribution < -0.4 is 5.32 Å². The van der Waals surface area contributed by atoms with Crippen molar-refractivity contribution in [3.63, 3.8) is 0 Å². The molecule has 0 radical (unpaired) electrons. The van der Waals surface area contributed by atoms with Gasteiger partial charge in [-0.2, -0.15) is 0 Å². The number of pyridine rings is 1. The average molecular weight is 215 g/mol. The van der Waals surface area contributed by atoms with E-state index in [0.29, 0.717) is 5.02 Å². The van der Waals surface area contributed by atoms with Crippen molar-refractivity contribution in [3.8, 4) is 0 Å². The van der Waals surface area contributed by atoms with E-state index in [1.807, 2.05) is 6.92 Å². The van der Waals surface area contributed by atoms with Gasteiger partial charge in [-0.05, 0) is 19.4 Å². The Morgan fingerprint density at radius 3 is 3.07 bits per heavy atom. The minimum atomic E-state index is -0.437. The van der Waals surface area contributed by atoms with Gasteiger partial charge in [0.2, 0.25) is 0 Å². The Morgan fingerprint density at radius 1 is 1.79 bits per heavy atom. The van der Waals surface area contributed by atoms with E-state index < -0.39 is 5.82 Å². The molecule has 1 atom stereocenters. The Bertz CT molecular complexity index is 328. The number of halogens is 2. The lowest BCUT2D eigenvalue weighted by Crippen LogP contribution is -2.15. The largest absolute Gasteiger partial charge is 0.365 e. The molecule has 76 valence electrons. The molecule has 0 spiro atoms. The molecule has 0 aliphatic carbocycles. The Labute approximate surface area is 87.8 Å². The first-order valence-corrected chi connectivity index (χ1v) is 4.69. The lowest BCUT2D eigenvalue weighted by Gasteiger charge is -2.12. The lowest BCUT2D eigenvalue weighted by molar-refractivity contribution is 0.620. The van der Waals surface area contributed by atoms with Gasteiger partial charge in [0.25, 0.3) is 0 Å². The third-order valence-corrected chi connectivity index (χ3v) is 1.92. The molecule has 14 heavy (non-hydrogen) atoms. The fourth-order valence-electron chi connectivity index (χ4n) is 1.06. The van der Waals surface area contributed by atoms with Crippen LogP contribution in [-0.2, 0) is 0 Å². The molecule has 1 rings (SSSR count). The minimum Gasteiger partial charge on any atom is -0.365 e. The fraction of sp³-hybridized carbons (Fsp3) is 0.300.